The Kier molecular flexibility index (Phi) is 5.44. The third-order valence-corrected chi connectivity index (χ3v) is 4.01. The maximum atomic E-state index is 11.1. The molecule has 3 nitrogen and oxygen atoms in total. The molecule has 0 spiro atoms. The van der Waals surface area contributed by atoms with Gasteiger partial charge in [-0.3, -0.25) is 9.69 Å². The Morgan fingerprint density at radius 1 is 1.24 bits per heavy atom. The Labute approximate surface area is 105 Å². The molecule has 0 amide bonds. The van der Waals surface area contributed by atoms with E-state index in [9.17, 15) is 4.79 Å². The highest BCUT2D eigenvalue weighted by Gasteiger charge is 2.31. The van der Waals surface area contributed by atoms with Crippen molar-refractivity contribution in [1.29, 1.82) is 0 Å². The van der Waals surface area contributed by atoms with Crippen molar-refractivity contribution in [1.82, 2.24) is 4.90 Å². The summed E-state index contributed by atoms with van der Waals surface area (Å²) in [5.74, 6) is -0.363. The van der Waals surface area contributed by atoms with Crippen LogP contribution in [0.1, 0.15) is 53.4 Å². The van der Waals surface area contributed by atoms with Crippen molar-refractivity contribution >= 4 is 5.97 Å². The van der Waals surface area contributed by atoms with E-state index in [1.54, 1.807) is 0 Å². The molecule has 0 aliphatic heterocycles. The molecule has 2 atom stereocenters. The van der Waals surface area contributed by atoms with E-state index in [-0.39, 0.29) is 12.0 Å². The number of carbonyl (C=O) groups is 1. The quantitative estimate of drug-likeness (QED) is 0.777. The lowest BCUT2D eigenvalue weighted by atomic mass is 9.98. The summed E-state index contributed by atoms with van der Waals surface area (Å²) in [6, 6.07) is 0.743. The minimum atomic E-state index is -0.677. The summed E-state index contributed by atoms with van der Waals surface area (Å²) in [5, 5.41) is 9.15. The van der Waals surface area contributed by atoms with E-state index in [2.05, 4.69) is 25.7 Å². The first-order valence-corrected chi connectivity index (χ1v) is 6.92. The highest BCUT2D eigenvalue weighted by Crippen LogP contribution is 2.28. The molecule has 0 saturated heterocycles. The van der Waals surface area contributed by atoms with Crippen molar-refractivity contribution in [3.05, 3.63) is 0 Å². The molecule has 1 saturated carbocycles. The van der Waals surface area contributed by atoms with E-state index in [4.69, 9.17) is 5.11 Å². The highest BCUT2D eigenvalue weighted by molar-refractivity contribution is 5.70. The van der Waals surface area contributed by atoms with Gasteiger partial charge in [0.1, 0.15) is 0 Å². The van der Waals surface area contributed by atoms with E-state index >= 15 is 0 Å². The summed E-state index contributed by atoms with van der Waals surface area (Å²) in [6.45, 7) is 9.33. The van der Waals surface area contributed by atoms with Crippen LogP contribution in [0.15, 0.2) is 0 Å². The van der Waals surface area contributed by atoms with Crippen LogP contribution in [-0.4, -0.2) is 34.6 Å². The van der Waals surface area contributed by atoms with Gasteiger partial charge in [-0.25, -0.2) is 0 Å². The van der Waals surface area contributed by atoms with Gasteiger partial charge in [-0.1, -0.05) is 33.6 Å². The molecule has 0 radical (unpaired) electrons. The largest absolute Gasteiger partial charge is 0.481 e. The molecule has 17 heavy (non-hydrogen) atoms. The Morgan fingerprint density at radius 2 is 1.76 bits per heavy atom. The second kappa shape index (κ2) is 6.39. The van der Waals surface area contributed by atoms with E-state index < -0.39 is 5.97 Å². The van der Waals surface area contributed by atoms with Crippen LogP contribution in [0.3, 0.4) is 0 Å². The van der Waals surface area contributed by atoms with Crippen LogP contribution < -0.4 is 0 Å². The first-order chi connectivity index (χ1) is 7.93. The van der Waals surface area contributed by atoms with Gasteiger partial charge in [0, 0.05) is 18.6 Å². The topological polar surface area (TPSA) is 40.5 Å². The molecule has 100 valence electrons. The standard InChI is InChI=1S/C14H27NO2/c1-10(2)9-15(13-7-5-6-8-13)12(4)11(3)14(16)17/h10-13H,5-9H2,1-4H3,(H,16,17). The van der Waals surface area contributed by atoms with Crippen LogP contribution in [0, 0.1) is 11.8 Å². The van der Waals surface area contributed by atoms with Gasteiger partial charge in [0.2, 0.25) is 0 Å². The van der Waals surface area contributed by atoms with Gasteiger partial charge in [0.25, 0.3) is 0 Å². The maximum absolute atomic E-state index is 11.1. The van der Waals surface area contributed by atoms with Gasteiger partial charge in [0.15, 0.2) is 0 Å². The second-order valence-electron chi connectivity index (χ2n) is 5.90. The molecular formula is C14H27NO2. The van der Waals surface area contributed by atoms with Gasteiger partial charge in [0.05, 0.1) is 5.92 Å². The fourth-order valence-electron chi connectivity index (χ4n) is 2.80. The van der Waals surface area contributed by atoms with E-state index in [1.807, 2.05) is 6.92 Å². The zero-order valence-electron chi connectivity index (χ0n) is 11.6. The van der Waals surface area contributed by atoms with E-state index in [0.717, 1.165) is 6.54 Å². The van der Waals surface area contributed by atoms with Crippen molar-refractivity contribution in [3.63, 3.8) is 0 Å². The van der Waals surface area contributed by atoms with Crippen molar-refractivity contribution in [2.75, 3.05) is 6.54 Å². The summed E-state index contributed by atoms with van der Waals surface area (Å²) in [6.07, 6.45) is 5.08. The van der Waals surface area contributed by atoms with E-state index in [1.165, 1.54) is 25.7 Å². The number of rotatable bonds is 6. The predicted octanol–water partition coefficient (Wildman–Crippen LogP) is 3.00. The first kappa shape index (κ1) is 14.5. The van der Waals surface area contributed by atoms with Gasteiger partial charge in [-0.2, -0.15) is 0 Å². The van der Waals surface area contributed by atoms with Crippen molar-refractivity contribution < 1.29 is 9.90 Å². The minimum absolute atomic E-state index is 0.137. The fraction of sp³-hybridized carbons (Fsp3) is 0.929. The highest BCUT2D eigenvalue weighted by atomic mass is 16.4. The molecule has 1 N–H and O–H groups in total. The molecule has 0 bridgehead atoms. The third-order valence-electron chi connectivity index (χ3n) is 4.01. The van der Waals surface area contributed by atoms with Crippen LogP contribution in [0.25, 0.3) is 0 Å². The molecule has 1 fully saturated rings. The Bertz CT molecular complexity index is 247. The van der Waals surface area contributed by atoms with Crippen LogP contribution in [0.2, 0.25) is 0 Å². The maximum Gasteiger partial charge on any atom is 0.307 e. The lowest BCUT2D eigenvalue weighted by Gasteiger charge is -2.37. The number of carboxylic acids is 1. The first-order valence-electron chi connectivity index (χ1n) is 6.92. The summed E-state index contributed by atoms with van der Waals surface area (Å²) in [5.41, 5.74) is 0. The number of hydrogen-bond acceptors (Lipinski definition) is 2. The number of hydrogen-bond donors (Lipinski definition) is 1. The third kappa shape index (κ3) is 3.98. The van der Waals surface area contributed by atoms with Crippen LogP contribution in [-0.2, 0) is 4.79 Å². The molecule has 1 aliphatic rings. The van der Waals surface area contributed by atoms with Crippen LogP contribution in [0.5, 0.6) is 0 Å². The number of nitrogens with zero attached hydrogens (tertiary/aromatic N) is 1. The van der Waals surface area contributed by atoms with Gasteiger partial charge >= 0.3 is 5.97 Å². The molecule has 0 aromatic heterocycles. The summed E-state index contributed by atoms with van der Waals surface area (Å²) in [7, 11) is 0. The van der Waals surface area contributed by atoms with Crippen molar-refractivity contribution in [3.8, 4) is 0 Å². The van der Waals surface area contributed by atoms with E-state index in [0.29, 0.717) is 12.0 Å². The van der Waals surface area contributed by atoms with Crippen molar-refractivity contribution in [2.24, 2.45) is 11.8 Å². The molecule has 1 aliphatic carbocycles. The monoisotopic (exact) mass is 241 g/mol. The molecule has 1 rings (SSSR count). The lowest BCUT2D eigenvalue weighted by Crippen LogP contribution is -2.47. The molecule has 0 aromatic carbocycles. The SMILES string of the molecule is CC(C)CN(C1CCCC1)C(C)C(C)C(=O)O. The molecule has 0 aromatic rings. The molecule has 3 heteroatoms. The lowest BCUT2D eigenvalue weighted by molar-refractivity contribution is -0.143. The normalized spacial score (nSPS) is 21.1. The Hall–Kier alpha value is -0.570. The van der Waals surface area contributed by atoms with Gasteiger partial charge < -0.3 is 5.11 Å². The van der Waals surface area contributed by atoms with Gasteiger partial charge in [-0.15, -0.1) is 0 Å². The summed E-state index contributed by atoms with van der Waals surface area (Å²) >= 11 is 0. The summed E-state index contributed by atoms with van der Waals surface area (Å²) < 4.78 is 0. The fourth-order valence-corrected chi connectivity index (χ4v) is 2.80. The molecule has 0 heterocycles. The number of carboxylic acid groups (broad SMARTS) is 1. The predicted molar refractivity (Wildman–Crippen MR) is 70.1 cm³/mol. The van der Waals surface area contributed by atoms with Crippen LogP contribution in [0.4, 0.5) is 0 Å². The number of aliphatic carboxylic acids is 1. The zero-order valence-corrected chi connectivity index (χ0v) is 11.6. The summed E-state index contributed by atoms with van der Waals surface area (Å²) in [4.78, 5) is 13.6. The smallest absolute Gasteiger partial charge is 0.307 e. The van der Waals surface area contributed by atoms with Crippen molar-refractivity contribution in [2.45, 2.75) is 65.5 Å². The van der Waals surface area contributed by atoms with Gasteiger partial charge in [-0.05, 0) is 25.7 Å². The Balaban J connectivity index is 2.70. The van der Waals surface area contributed by atoms with Crippen LogP contribution >= 0.6 is 0 Å². The minimum Gasteiger partial charge on any atom is -0.481 e. The second-order valence-corrected chi connectivity index (χ2v) is 5.90. The molecule has 2 unspecified atom stereocenters. The molecular weight excluding hydrogens is 214 g/mol. The average molecular weight is 241 g/mol. The average Bonchev–Trinajstić information content (AvgIpc) is 2.76. The Morgan fingerprint density at radius 3 is 2.18 bits per heavy atom. The zero-order chi connectivity index (χ0) is 13.0.